The van der Waals surface area contributed by atoms with E-state index in [2.05, 4.69) is 43.2 Å². The molecule has 0 atom stereocenters. The third-order valence-corrected chi connectivity index (χ3v) is 1.97. The van der Waals surface area contributed by atoms with E-state index in [9.17, 15) is 0 Å². The first-order chi connectivity index (χ1) is 7.01. The third-order valence-electron chi connectivity index (χ3n) is 1.97. The first kappa shape index (κ1) is 12.2. The first-order valence-electron chi connectivity index (χ1n) is 5.57. The van der Waals surface area contributed by atoms with Crippen LogP contribution in [0.5, 0.6) is 0 Å². The summed E-state index contributed by atoms with van der Waals surface area (Å²) in [6, 6.07) is 0. The highest BCUT2D eigenvalue weighted by molar-refractivity contribution is 4.83. The number of aryl methyl sites for hydroxylation is 1. The molecule has 15 heavy (non-hydrogen) atoms. The highest BCUT2D eigenvalue weighted by atomic mass is 16.4. The van der Waals surface area contributed by atoms with Gasteiger partial charge in [0.25, 0.3) is 0 Å². The molecule has 0 saturated carbocycles. The van der Waals surface area contributed by atoms with E-state index in [0.29, 0.717) is 0 Å². The van der Waals surface area contributed by atoms with E-state index in [0.717, 1.165) is 37.6 Å². The molecule has 0 unspecified atom stereocenters. The molecule has 4 nitrogen and oxygen atoms in total. The molecule has 0 aliphatic rings. The van der Waals surface area contributed by atoms with E-state index >= 15 is 0 Å². The summed E-state index contributed by atoms with van der Waals surface area (Å²) in [6.45, 7) is 9.40. The van der Waals surface area contributed by atoms with Crippen molar-refractivity contribution in [2.24, 2.45) is 0 Å². The van der Waals surface area contributed by atoms with Crippen molar-refractivity contribution >= 4 is 0 Å². The number of nitrogens with one attached hydrogen (secondary N) is 1. The summed E-state index contributed by atoms with van der Waals surface area (Å²) in [7, 11) is 0. The van der Waals surface area contributed by atoms with Crippen LogP contribution in [0, 0.1) is 0 Å². The molecule has 1 N–H and O–H groups in total. The minimum Gasteiger partial charge on any atom is -0.425 e. The predicted octanol–water partition coefficient (Wildman–Crippen LogP) is 1.95. The molecule has 0 aromatic carbocycles. The zero-order chi connectivity index (χ0) is 11.3. The van der Waals surface area contributed by atoms with Crippen molar-refractivity contribution in [3.8, 4) is 0 Å². The number of hydrogen-bond donors (Lipinski definition) is 1. The highest BCUT2D eigenvalue weighted by Crippen LogP contribution is 2.04. The van der Waals surface area contributed by atoms with Gasteiger partial charge in [0.1, 0.15) is 0 Å². The Hall–Kier alpha value is -0.900. The smallest absolute Gasteiger partial charge is 0.217 e. The lowest BCUT2D eigenvalue weighted by atomic mass is 10.1. The molecule has 1 aromatic heterocycles. The molecule has 0 aliphatic carbocycles. The van der Waals surface area contributed by atoms with E-state index in [4.69, 9.17) is 4.42 Å². The summed E-state index contributed by atoms with van der Waals surface area (Å²) in [4.78, 5) is 0. The van der Waals surface area contributed by atoms with E-state index in [1.807, 2.05) is 0 Å². The summed E-state index contributed by atoms with van der Waals surface area (Å²) in [5.74, 6) is 1.48. The summed E-state index contributed by atoms with van der Waals surface area (Å²) >= 11 is 0. The van der Waals surface area contributed by atoms with Gasteiger partial charge in [-0.2, -0.15) is 0 Å². The molecular formula is C11H21N3O. The second-order valence-corrected chi connectivity index (χ2v) is 4.77. The fourth-order valence-electron chi connectivity index (χ4n) is 1.25. The Bertz CT molecular complexity index is 288. The van der Waals surface area contributed by atoms with Gasteiger partial charge < -0.3 is 9.73 Å². The molecule has 1 aromatic rings. The normalized spacial score (nSPS) is 12.0. The molecule has 0 amide bonds. The van der Waals surface area contributed by atoms with Crippen LogP contribution < -0.4 is 5.32 Å². The average Bonchev–Trinajstić information content (AvgIpc) is 2.51. The van der Waals surface area contributed by atoms with Crippen molar-refractivity contribution in [3.63, 3.8) is 0 Å². The van der Waals surface area contributed by atoms with Crippen molar-refractivity contribution < 1.29 is 4.42 Å². The topological polar surface area (TPSA) is 51.0 Å². The van der Waals surface area contributed by atoms with Gasteiger partial charge in [0, 0.05) is 24.9 Å². The maximum Gasteiger partial charge on any atom is 0.217 e. The number of aromatic nitrogens is 2. The minimum atomic E-state index is 0.145. The fourth-order valence-corrected chi connectivity index (χ4v) is 1.25. The lowest BCUT2D eigenvalue weighted by molar-refractivity contribution is 0.400. The van der Waals surface area contributed by atoms with Crippen LogP contribution >= 0.6 is 0 Å². The summed E-state index contributed by atoms with van der Waals surface area (Å²) in [5, 5.41) is 11.4. The van der Waals surface area contributed by atoms with E-state index in [1.165, 1.54) is 0 Å². The van der Waals surface area contributed by atoms with Crippen LogP contribution in [0.25, 0.3) is 0 Å². The van der Waals surface area contributed by atoms with Gasteiger partial charge in [-0.05, 0) is 27.2 Å². The molecular weight excluding hydrogens is 190 g/mol. The predicted molar refractivity (Wildman–Crippen MR) is 59.8 cm³/mol. The van der Waals surface area contributed by atoms with E-state index in [-0.39, 0.29) is 5.54 Å². The zero-order valence-corrected chi connectivity index (χ0v) is 10.1. The van der Waals surface area contributed by atoms with Gasteiger partial charge in [-0.1, -0.05) is 6.92 Å². The zero-order valence-electron chi connectivity index (χ0n) is 10.1. The van der Waals surface area contributed by atoms with Gasteiger partial charge in [0.15, 0.2) is 0 Å². The van der Waals surface area contributed by atoms with Crippen molar-refractivity contribution in [3.05, 3.63) is 11.8 Å². The Balaban J connectivity index is 2.31. The van der Waals surface area contributed by atoms with Crippen LogP contribution in [-0.2, 0) is 12.8 Å². The summed E-state index contributed by atoms with van der Waals surface area (Å²) < 4.78 is 5.48. The molecule has 0 aliphatic heterocycles. The monoisotopic (exact) mass is 211 g/mol. The molecule has 0 fully saturated rings. The number of nitrogens with zero attached hydrogens (tertiary/aromatic N) is 2. The minimum absolute atomic E-state index is 0.145. The Labute approximate surface area is 91.5 Å². The Morgan fingerprint density at radius 3 is 2.27 bits per heavy atom. The van der Waals surface area contributed by atoms with E-state index in [1.54, 1.807) is 0 Å². The van der Waals surface area contributed by atoms with Crippen LogP contribution in [-0.4, -0.2) is 22.3 Å². The molecule has 0 bridgehead atoms. The van der Waals surface area contributed by atoms with Gasteiger partial charge in [-0.15, -0.1) is 10.2 Å². The summed E-state index contributed by atoms with van der Waals surface area (Å²) in [6.07, 6.45) is 2.72. The van der Waals surface area contributed by atoms with Crippen molar-refractivity contribution in [1.82, 2.24) is 15.5 Å². The summed E-state index contributed by atoms with van der Waals surface area (Å²) in [5.41, 5.74) is 0.145. The molecule has 1 heterocycles. The average molecular weight is 211 g/mol. The highest BCUT2D eigenvalue weighted by Gasteiger charge is 2.10. The third kappa shape index (κ3) is 4.93. The molecule has 0 spiro atoms. The van der Waals surface area contributed by atoms with Crippen LogP contribution in [0.15, 0.2) is 4.42 Å². The Kier molecular flexibility index (Phi) is 4.27. The quantitative estimate of drug-likeness (QED) is 0.808. The van der Waals surface area contributed by atoms with Crippen molar-refractivity contribution in [2.45, 2.75) is 52.5 Å². The van der Waals surface area contributed by atoms with Crippen molar-refractivity contribution in [2.75, 3.05) is 6.54 Å². The van der Waals surface area contributed by atoms with Crippen LogP contribution in [0.1, 0.15) is 45.9 Å². The second kappa shape index (κ2) is 5.26. The number of rotatable bonds is 5. The van der Waals surface area contributed by atoms with Crippen LogP contribution in [0.2, 0.25) is 0 Å². The molecule has 1 rings (SSSR count). The van der Waals surface area contributed by atoms with Crippen LogP contribution in [0.4, 0.5) is 0 Å². The first-order valence-corrected chi connectivity index (χ1v) is 5.57. The van der Waals surface area contributed by atoms with E-state index < -0.39 is 0 Å². The lowest BCUT2D eigenvalue weighted by Gasteiger charge is -2.19. The van der Waals surface area contributed by atoms with Gasteiger partial charge >= 0.3 is 0 Å². The molecule has 4 heteroatoms. The van der Waals surface area contributed by atoms with Gasteiger partial charge in [0.2, 0.25) is 11.8 Å². The van der Waals surface area contributed by atoms with Gasteiger partial charge in [-0.25, -0.2) is 0 Å². The van der Waals surface area contributed by atoms with Crippen LogP contribution in [0.3, 0.4) is 0 Å². The number of hydrogen-bond acceptors (Lipinski definition) is 4. The Morgan fingerprint density at radius 1 is 1.13 bits per heavy atom. The second-order valence-electron chi connectivity index (χ2n) is 4.77. The Morgan fingerprint density at radius 2 is 1.73 bits per heavy atom. The van der Waals surface area contributed by atoms with Gasteiger partial charge in [-0.3, -0.25) is 0 Å². The largest absolute Gasteiger partial charge is 0.425 e. The molecule has 0 saturated heterocycles. The van der Waals surface area contributed by atoms with Gasteiger partial charge in [0.05, 0.1) is 0 Å². The molecule has 0 radical (unpaired) electrons. The lowest BCUT2D eigenvalue weighted by Crippen LogP contribution is -2.37. The standard InChI is InChI=1S/C11H21N3O/c1-5-6-9-13-14-10(15-9)7-8-12-11(2,3)4/h12H,5-8H2,1-4H3. The SMILES string of the molecule is CCCc1nnc(CCNC(C)(C)C)o1. The van der Waals surface area contributed by atoms with Crippen molar-refractivity contribution in [1.29, 1.82) is 0 Å². The molecule has 86 valence electrons. The maximum atomic E-state index is 5.48. The fraction of sp³-hybridized carbons (Fsp3) is 0.818. The maximum absolute atomic E-state index is 5.48.